The maximum atomic E-state index is 12.1. The Morgan fingerprint density at radius 2 is 1.63 bits per heavy atom. The van der Waals surface area contributed by atoms with E-state index in [9.17, 15) is 14.7 Å². The Kier molecular flexibility index (Phi) is 5.84. The molecule has 1 amide bonds. The van der Waals surface area contributed by atoms with Gasteiger partial charge in [-0.15, -0.1) is 0 Å². The minimum absolute atomic E-state index is 0.182. The van der Waals surface area contributed by atoms with Crippen molar-refractivity contribution in [1.82, 2.24) is 4.90 Å². The third-order valence-electron chi connectivity index (χ3n) is 2.44. The maximum Gasteiger partial charge on any atom is 0.411 e. The summed E-state index contributed by atoms with van der Waals surface area (Å²) in [7, 11) is 0. The second-order valence-electron chi connectivity index (χ2n) is 6.89. The molecule has 1 unspecified atom stereocenters. The highest BCUT2D eigenvalue weighted by Gasteiger charge is 2.34. The van der Waals surface area contributed by atoms with Crippen LogP contribution in [0.3, 0.4) is 0 Å². The van der Waals surface area contributed by atoms with E-state index < -0.39 is 23.7 Å². The van der Waals surface area contributed by atoms with Gasteiger partial charge in [0.25, 0.3) is 0 Å². The van der Waals surface area contributed by atoms with Gasteiger partial charge in [0.1, 0.15) is 11.6 Å². The van der Waals surface area contributed by atoms with Crippen LogP contribution in [0.1, 0.15) is 54.9 Å². The summed E-state index contributed by atoms with van der Waals surface area (Å²) in [5, 5.41) is 9.34. The maximum absolute atomic E-state index is 12.1. The van der Waals surface area contributed by atoms with Gasteiger partial charge in [-0.1, -0.05) is 20.8 Å². The van der Waals surface area contributed by atoms with Gasteiger partial charge in [-0.25, -0.2) is 9.59 Å². The minimum Gasteiger partial charge on any atom is -0.480 e. The van der Waals surface area contributed by atoms with Gasteiger partial charge in [0.05, 0.1) is 0 Å². The Hall–Kier alpha value is -1.26. The van der Waals surface area contributed by atoms with E-state index in [1.54, 1.807) is 27.7 Å². The molecule has 0 spiro atoms. The first kappa shape index (κ1) is 17.7. The van der Waals surface area contributed by atoms with Crippen molar-refractivity contribution in [2.45, 2.75) is 66.5 Å². The van der Waals surface area contributed by atoms with Crippen LogP contribution in [-0.4, -0.2) is 40.3 Å². The van der Waals surface area contributed by atoms with E-state index in [1.807, 2.05) is 20.8 Å². The lowest BCUT2D eigenvalue weighted by Crippen LogP contribution is -2.48. The van der Waals surface area contributed by atoms with Crippen molar-refractivity contribution in [3.63, 3.8) is 0 Å². The van der Waals surface area contributed by atoms with Crippen molar-refractivity contribution in [1.29, 1.82) is 0 Å². The number of aliphatic carboxylic acids is 1. The number of hydrogen-bond donors (Lipinski definition) is 1. The number of rotatable bonds is 4. The molecule has 0 rings (SSSR count). The van der Waals surface area contributed by atoms with Crippen molar-refractivity contribution >= 4 is 12.1 Å². The summed E-state index contributed by atoms with van der Waals surface area (Å²) in [6.45, 7) is 13.2. The predicted octanol–water partition coefficient (Wildman–Crippen LogP) is 3.13. The van der Waals surface area contributed by atoms with Crippen LogP contribution in [0.25, 0.3) is 0 Å². The van der Waals surface area contributed by atoms with E-state index in [0.29, 0.717) is 13.0 Å². The first-order valence-corrected chi connectivity index (χ1v) is 6.60. The van der Waals surface area contributed by atoms with Crippen molar-refractivity contribution in [3.05, 3.63) is 0 Å². The molecular weight excluding hydrogens is 246 g/mol. The molecule has 0 saturated heterocycles. The molecule has 0 aromatic heterocycles. The van der Waals surface area contributed by atoms with Crippen molar-refractivity contribution in [2.75, 3.05) is 6.54 Å². The van der Waals surface area contributed by atoms with Crippen LogP contribution in [0.4, 0.5) is 4.79 Å². The van der Waals surface area contributed by atoms with Gasteiger partial charge < -0.3 is 9.84 Å². The predicted molar refractivity (Wildman–Crippen MR) is 74.1 cm³/mol. The normalized spacial score (nSPS) is 13.8. The molecule has 0 aliphatic heterocycles. The van der Waals surface area contributed by atoms with Gasteiger partial charge in [0, 0.05) is 6.54 Å². The molecule has 1 atom stereocenters. The van der Waals surface area contributed by atoms with Crippen LogP contribution in [-0.2, 0) is 9.53 Å². The molecule has 19 heavy (non-hydrogen) atoms. The molecule has 0 aromatic rings. The standard InChI is InChI=1S/C14H27NO4/c1-8-15(12(18)19-14(5,6)7)10(11(16)17)9-13(2,3)4/h10H,8-9H2,1-7H3,(H,16,17). The van der Waals surface area contributed by atoms with Crippen LogP contribution in [0.15, 0.2) is 0 Å². The average molecular weight is 273 g/mol. The lowest BCUT2D eigenvalue weighted by Gasteiger charge is -2.33. The fourth-order valence-electron chi connectivity index (χ4n) is 1.71. The molecule has 1 N–H and O–H groups in total. The number of amides is 1. The second kappa shape index (κ2) is 6.26. The summed E-state index contributed by atoms with van der Waals surface area (Å²) in [5.41, 5.74) is -0.812. The van der Waals surface area contributed by atoms with Crippen molar-refractivity contribution < 1.29 is 19.4 Å². The highest BCUT2D eigenvalue weighted by atomic mass is 16.6. The average Bonchev–Trinajstić information content (AvgIpc) is 2.12. The van der Waals surface area contributed by atoms with Gasteiger partial charge in [-0.2, -0.15) is 0 Å². The number of hydrogen-bond acceptors (Lipinski definition) is 3. The van der Waals surface area contributed by atoms with Gasteiger partial charge in [-0.3, -0.25) is 4.90 Å². The van der Waals surface area contributed by atoms with Crippen LogP contribution >= 0.6 is 0 Å². The van der Waals surface area contributed by atoms with Crippen LogP contribution in [0, 0.1) is 5.41 Å². The Morgan fingerprint density at radius 1 is 1.16 bits per heavy atom. The van der Waals surface area contributed by atoms with Crippen LogP contribution < -0.4 is 0 Å². The van der Waals surface area contributed by atoms with Crippen LogP contribution in [0.5, 0.6) is 0 Å². The molecule has 112 valence electrons. The Bertz CT molecular complexity index is 325. The van der Waals surface area contributed by atoms with Gasteiger partial charge >= 0.3 is 12.1 Å². The topological polar surface area (TPSA) is 66.8 Å². The number of likely N-dealkylation sites (N-methyl/N-ethyl adjacent to an activating group) is 1. The smallest absolute Gasteiger partial charge is 0.411 e. The molecule has 5 heteroatoms. The second-order valence-corrected chi connectivity index (χ2v) is 6.89. The summed E-state index contributed by atoms with van der Waals surface area (Å²) in [6.07, 6.45) is -0.193. The monoisotopic (exact) mass is 273 g/mol. The highest BCUT2D eigenvalue weighted by Crippen LogP contribution is 2.25. The Labute approximate surface area is 115 Å². The lowest BCUT2D eigenvalue weighted by atomic mass is 9.87. The Balaban J connectivity index is 5.05. The third-order valence-corrected chi connectivity index (χ3v) is 2.44. The SMILES string of the molecule is CCN(C(=O)OC(C)(C)C)C(CC(C)(C)C)C(=O)O. The van der Waals surface area contributed by atoms with Gasteiger partial charge in [0.15, 0.2) is 0 Å². The summed E-state index contributed by atoms with van der Waals surface area (Å²) in [4.78, 5) is 24.7. The van der Waals surface area contributed by atoms with Crippen molar-refractivity contribution in [2.24, 2.45) is 5.41 Å². The van der Waals surface area contributed by atoms with E-state index in [4.69, 9.17) is 4.74 Å². The lowest BCUT2D eigenvalue weighted by molar-refractivity contribution is -0.144. The van der Waals surface area contributed by atoms with E-state index in [0.717, 1.165) is 0 Å². The molecule has 0 radical (unpaired) electrons. The molecular formula is C14H27NO4. The highest BCUT2D eigenvalue weighted by molar-refractivity contribution is 5.80. The quantitative estimate of drug-likeness (QED) is 0.854. The first-order chi connectivity index (χ1) is 8.37. The van der Waals surface area contributed by atoms with E-state index in [2.05, 4.69) is 0 Å². The van der Waals surface area contributed by atoms with E-state index >= 15 is 0 Å². The first-order valence-electron chi connectivity index (χ1n) is 6.60. The number of carbonyl (C=O) groups excluding carboxylic acids is 1. The summed E-state index contributed by atoms with van der Waals surface area (Å²) >= 11 is 0. The Morgan fingerprint density at radius 3 is 1.89 bits per heavy atom. The van der Waals surface area contributed by atoms with Crippen LogP contribution in [0.2, 0.25) is 0 Å². The summed E-state index contributed by atoms with van der Waals surface area (Å²) in [6, 6.07) is -0.861. The molecule has 0 aromatic carbocycles. The molecule has 0 aliphatic carbocycles. The molecule has 0 bridgehead atoms. The number of ether oxygens (including phenoxy) is 1. The number of nitrogens with zero attached hydrogens (tertiary/aromatic N) is 1. The molecule has 0 aliphatic rings. The third kappa shape index (κ3) is 7.03. The molecule has 5 nitrogen and oxygen atoms in total. The zero-order valence-corrected chi connectivity index (χ0v) is 13.1. The van der Waals surface area contributed by atoms with Crippen molar-refractivity contribution in [3.8, 4) is 0 Å². The van der Waals surface area contributed by atoms with Gasteiger partial charge in [-0.05, 0) is 39.5 Å². The molecule has 0 heterocycles. The fraction of sp³-hybridized carbons (Fsp3) is 0.857. The zero-order chi connectivity index (χ0) is 15.4. The zero-order valence-electron chi connectivity index (χ0n) is 13.1. The van der Waals surface area contributed by atoms with E-state index in [1.165, 1.54) is 4.90 Å². The molecule has 0 fully saturated rings. The van der Waals surface area contributed by atoms with Gasteiger partial charge in [0.2, 0.25) is 0 Å². The number of carboxylic acid groups (broad SMARTS) is 1. The number of carbonyl (C=O) groups is 2. The minimum atomic E-state index is -0.998. The number of carboxylic acids is 1. The largest absolute Gasteiger partial charge is 0.480 e. The summed E-state index contributed by atoms with van der Waals surface area (Å²) < 4.78 is 5.26. The molecule has 0 saturated carbocycles. The fourth-order valence-corrected chi connectivity index (χ4v) is 1.71. The van der Waals surface area contributed by atoms with E-state index in [-0.39, 0.29) is 5.41 Å². The summed E-state index contributed by atoms with van der Waals surface area (Å²) in [5.74, 6) is -0.998.